The number of sulfonamides is 1. The van der Waals surface area contributed by atoms with E-state index in [1.54, 1.807) is 24.1 Å². The first kappa shape index (κ1) is 22.8. The van der Waals surface area contributed by atoms with Gasteiger partial charge < -0.3 is 9.32 Å². The Morgan fingerprint density at radius 3 is 2.44 bits per heavy atom. The average Bonchev–Trinajstić information content (AvgIpc) is 3.16. The van der Waals surface area contributed by atoms with Crippen molar-refractivity contribution in [2.75, 3.05) is 20.1 Å². The molecule has 1 saturated heterocycles. The fourth-order valence-corrected chi connectivity index (χ4v) is 5.93. The molecule has 6 nitrogen and oxygen atoms in total. The summed E-state index contributed by atoms with van der Waals surface area (Å²) >= 11 is 5.88. The molecule has 2 heterocycles. The minimum atomic E-state index is -3.59. The number of carbonyl (C=O) groups excluding carboxylic acids is 1. The zero-order valence-electron chi connectivity index (χ0n) is 18.3. The van der Waals surface area contributed by atoms with Gasteiger partial charge in [0.2, 0.25) is 15.9 Å². The molecule has 0 atom stereocenters. The molecule has 0 radical (unpaired) electrons. The molecule has 2 aromatic carbocycles. The third-order valence-corrected chi connectivity index (χ3v) is 8.29. The molecule has 170 valence electrons. The van der Waals surface area contributed by atoms with Crippen LogP contribution in [0.25, 0.3) is 11.0 Å². The highest BCUT2D eigenvalue weighted by Gasteiger charge is 2.33. The number of hydrogen-bond acceptors (Lipinski definition) is 4. The van der Waals surface area contributed by atoms with Gasteiger partial charge >= 0.3 is 0 Å². The Morgan fingerprint density at radius 1 is 1.12 bits per heavy atom. The second-order valence-corrected chi connectivity index (χ2v) is 10.6. The maximum atomic E-state index is 13.1. The Hall–Kier alpha value is -2.35. The second-order valence-electron chi connectivity index (χ2n) is 8.18. The summed E-state index contributed by atoms with van der Waals surface area (Å²) in [6.45, 7) is 3.16. The Kier molecular flexibility index (Phi) is 6.60. The van der Waals surface area contributed by atoms with E-state index < -0.39 is 10.0 Å². The van der Waals surface area contributed by atoms with Crippen LogP contribution in [0, 0.1) is 5.92 Å². The molecule has 0 saturated carbocycles. The van der Waals surface area contributed by atoms with E-state index in [0.717, 1.165) is 28.7 Å². The molecule has 1 aliphatic heterocycles. The van der Waals surface area contributed by atoms with E-state index in [-0.39, 0.29) is 16.7 Å². The number of rotatable bonds is 6. The third kappa shape index (κ3) is 4.42. The predicted octanol–water partition coefficient (Wildman–Crippen LogP) is 4.71. The highest BCUT2D eigenvalue weighted by atomic mass is 35.5. The minimum Gasteiger partial charge on any atom is -0.461 e. The van der Waals surface area contributed by atoms with Crippen molar-refractivity contribution in [2.45, 2.75) is 37.6 Å². The Labute approximate surface area is 193 Å². The molecule has 32 heavy (non-hydrogen) atoms. The van der Waals surface area contributed by atoms with Crippen LogP contribution in [0.15, 0.2) is 57.8 Å². The van der Waals surface area contributed by atoms with Crippen molar-refractivity contribution in [1.82, 2.24) is 9.21 Å². The van der Waals surface area contributed by atoms with Crippen LogP contribution in [0.4, 0.5) is 0 Å². The number of carbonyl (C=O) groups is 1. The standard InChI is InChI=1S/C24H27ClN2O4S/c1-3-22-21(20-6-4-5-7-23(20)31-22)16-26(2)24(28)17-12-14-27(15-13-17)32(29,30)19-10-8-18(25)9-11-19/h4-11,17H,3,12-16H2,1-2H3. The zero-order valence-corrected chi connectivity index (χ0v) is 19.8. The Balaban J connectivity index is 1.42. The predicted molar refractivity (Wildman–Crippen MR) is 125 cm³/mol. The summed E-state index contributed by atoms with van der Waals surface area (Å²) in [7, 11) is -1.78. The number of para-hydroxylation sites is 1. The number of fused-ring (bicyclic) bond motifs is 1. The third-order valence-electron chi connectivity index (χ3n) is 6.13. The summed E-state index contributed by atoms with van der Waals surface area (Å²) in [6.07, 6.45) is 1.76. The normalized spacial score (nSPS) is 15.8. The first-order valence-electron chi connectivity index (χ1n) is 10.8. The summed E-state index contributed by atoms with van der Waals surface area (Å²) < 4.78 is 33.2. The van der Waals surface area contributed by atoms with Crippen LogP contribution in [0.5, 0.6) is 0 Å². The van der Waals surface area contributed by atoms with E-state index in [4.69, 9.17) is 16.0 Å². The SMILES string of the molecule is CCc1oc2ccccc2c1CN(C)C(=O)C1CCN(S(=O)(=O)c2ccc(Cl)cc2)CC1. The fourth-order valence-electron chi connectivity index (χ4n) is 4.33. The molecule has 0 unspecified atom stereocenters. The van der Waals surface area contributed by atoms with Crippen LogP contribution in [-0.4, -0.2) is 43.7 Å². The molecular formula is C24H27ClN2O4S. The first-order valence-corrected chi connectivity index (χ1v) is 12.6. The van der Waals surface area contributed by atoms with E-state index in [1.165, 1.54) is 16.4 Å². The van der Waals surface area contributed by atoms with Crippen molar-refractivity contribution in [3.63, 3.8) is 0 Å². The van der Waals surface area contributed by atoms with Crippen molar-refractivity contribution in [2.24, 2.45) is 5.92 Å². The molecule has 1 aliphatic rings. The van der Waals surface area contributed by atoms with Crippen LogP contribution in [0.3, 0.4) is 0 Å². The molecule has 1 aromatic heterocycles. The quantitative estimate of drug-likeness (QED) is 0.518. The zero-order chi connectivity index (χ0) is 22.9. The van der Waals surface area contributed by atoms with E-state index in [2.05, 4.69) is 0 Å². The molecular weight excluding hydrogens is 448 g/mol. The van der Waals surface area contributed by atoms with E-state index in [9.17, 15) is 13.2 Å². The van der Waals surface area contributed by atoms with Gasteiger partial charge in [-0.2, -0.15) is 4.31 Å². The van der Waals surface area contributed by atoms with Gasteiger partial charge in [0.05, 0.1) is 4.90 Å². The highest BCUT2D eigenvalue weighted by molar-refractivity contribution is 7.89. The maximum Gasteiger partial charge on any atom is 0.243 e. The van der Waals surface area contributed by atoms with Gasteiger partial charge in [0.25, 0.3) is 0 Å². The van der Waals surface area contributed by atoms with Crippen molar-refractivity contribution in [3.05, 3.63) is 64.9 Å². The lowest BCUT2D eigenvalue weighted by molar-refractivity contribution is -0.135. The summed E-state index contributed by atoms with van der Waals surface area (Å²) in [4.78, 5) is 15.1. The van der Waals surface area contributed by atoms with Gasteiger partial charge in [-0.05, 0) is 43.2 Å². The molecule has 0 spiro atoms. The molecule has 8 heteroatoms. The largest absolute Gasteiger partial charge is 0.461 e. The smallest absolute Gasteiger partial charge is 0.243 e. The highest BCUT2D eigenvalue weighted by Crippen LogP contribution is 2.29. The Bertz CT molecular complexity index is 1210. The first-order chi connectivity index (χ1) is 15.3. The van der Waals surface area contributed by atoms with Crippen LogP contribution in [-0.2, 0) is 27.8 Å². The van der Waals surface area contributed by atoms with Gasteiger partial charge in [0, 0.05) is 55.0 Å². The van der Waals surface area contributed by atoms with Crippen molar-refractivity contribution in [3.8, 4) is 0 Å². The van der Waals surface area contributed by atoms with Gasteiger partial charge in [0.15, 0.2) is 0 Å². The lowest BCUT2D eigenvalue weighted by Crippen LogP contribution is -2.43. The van der Waals surface area contributed by atoms with E-state index in [1.807, 2.05) is 31.2 Å². The van der Waals surface area contributed by atoms with Crippen LogP contribution >= 0.6 is 11.6 Å². The maximum absolute atomic E-state index is 13.1. The second kappa shape index (κ2) is 9.25. The summed E-state index contributed by atoms with van der Waals surface area (Å²) in [5.41, 5.74) is 1.88. The minimum absolute atomic E-state index is 0.0425. The molecule has 1 amide bonds. The fraction of sp³-hybridized carbons (Fsp3) is 0.375. The average molecular weight is 475 g/mol. The van der Waals surface area contributed by atoms with Crippen LogP contribution in [0.1, 0.15) is 31.1 Å². The lowest BCUT2D eigenvalue weighted by atomic mass is 9.96. The topological polar surface area (TPSA) is 70.8 Å². The van der Waals surface area contributed by atoms with Gasteiger partial charge in [-0.15, -0.1) is 0 Å². The summed E-state index contributed by atoms with van der Waals surface area (Å²) in [5, 5.41) is 1.53. The van der Waals surface area contributed by atoms with Crippen molar-refractivity contribution >= 4 is 38.5 Å². The molecule has 1 fully saturated rings. The number of nitrogens with zero attached hydrogens (tertiary/aromatic N) is 2. The molecule has 0 bridgehead atoms. The molecule has 4 rings (SSSR count). The summed E-state index contributed by atoms with van der Waals surface area (Å²) in [5.74, 6) is 0.746. The molecule has 0 N–H and O–H groups in total. The van der Waals surface area contributed by atoms with Crippen molar-refractivity contribution < 1.29 is 17.6 Å². The van der Waals surface area contributed by atoms with Gasteiger partial charge in [-0.3, -0.25) is 4.79 Å². The van der Waals surface area contributed by atoms with E-state index >= 15 is 0 Å². The summed E-state index contributed by atoms with van der Waals surface area (Å²) in [6, 6.07) is 14.1. The van der Waals surface area contributed by atoms with Gasteiger partial charge in [-0.1, -0.05) is 36.7 Å². The lowest BCUT2D eigenvalue weighted by Gasteiger charge is -2.32. The van der Waals surface area contributed by atoms with Crippen LogP contribution in [0.2, 0.25) is 5.02 Å². The van der Waals surface area contributed by atoms with E-state index in [0.29, 0.717) is 37.5 Å². The van der Waals surface area contributed by atoms with Gasteiger partial charge in [-0.25, -0.2) is 8.42 Å². The Morgan fingerprint density at radius 2 is 1.78 bits per heavy atom. The number of benzene rings is 2. The van der Waals surface area contributed by atoms with Gasteiger partial charge in [0.1, 0.15) is 11.3 Å². The number of amides is 1. The number of hydrogen-bond donors (Lipinski definition) is 0. The number of aryl methyl sites for hydroxylation is 1. The molecule has 3 aromatic rings. The monoisotopic (exact) mass is 474 g/mol. The number of halogens is 1. The van der Waals surface area contributed by atoms with Crippen molar-refractivity contribution in [1.29, 1.82) is 0 Å². The number of piperidine rings is 1. The number of furan rings is 1. The molecule has 0 aliphatic carbocycles. The van der Waals surface area contributed by atoms with Crippen LogP contribution < -0.4 is 0 Å².